The van der Waals surface area contributed by atoms with Crippen molar-refractivity contribution >= 4 is 23.5 Å². The molecule has 0 spiro atoms. The third-order valence-corrected chi connectivity index (χ3v) is 3.11. The van der Waals surface area contributed by atoms with Crippen LogP contribution in [0.5, 0.6) is 0 Å². The highest BCUT2D eigenvalue weighted by Gasteiger charge is 2.24. The minimum Gasteiger partial charge on any atom is -0.377 e. The van der Waals surface area contributed by atoms with Gasteiger partial charge in [-0.25, -0.2) is 0 Å². The molecule has 0 saturated carbocycles. The number of hydrogen-bond acceptors (Lipinski definition) is 6. The molecule has 1 unspecified atom stereocenters. The molecule has 1 aliphatic heterocycles. The molecule has 0 radical (unpaired) electrons. The number of halogens is 1. The van der Waals surface area contributed by atoms with Crippen molar-refractivity contribution in [2.45, 2.75) is 19.4 Å². The predicted molar refractivity (Wildman–Crippen MR) is 71.4 cm³/mol. The maximum absolute atomic E-state index is 5.96. The van der Waals surface area contributed by atoms with Gasteiger partial charge in [-0.1, -0.05) is 6.92 Å². The van der Waals surface area contributed by atoms with Gasteiger partial charge in [-0.3, -0.25) is 0 Å². The van der Waals surface area contributed by atoms with Gasteiger partial charge < -0.3 is 14.5 Å². The first-order valence-electron chi connectivity index (χ1n) is 6.05. The molecule has 7 heteroatoms. The maximum atomic E-state index is 5.96. The van der Waals surface area contributed by atoms with Gasteiger partial charge in [0.15, 0.2) is 0 Å². The zero-order chi connectivity index (χ0) is 13.1. The van der Waals surface area contributed by atoms with Gasteiger partial charge in [-0.05, 0) is 18.0 Å². The molecule has 100 valence electrons. The van der Waals surface area contributed by atoms with E-state index in [0.29, 0.717) is 31.2 Å². The molecular formula is C11H18ClN5O. The Hall–Kier alpha value is -1.14. The first-order chi connectivity index (χ1) is 8.61. The lowest BCUT2D eigenvalue weighted by atomic mass is 10.2. The van der Waals surface area contributed by atoms with Gasteiger partial charge in [0, 0.05) is 20.6 Å². The summed E-state index contributed by atoms with van der Waals surface area (Å²) in [5.74, 6) is 1.21. The summed E-state index contributed by atoms with van der Waals surface area (Å²) in [6.45, 7) is 4.31. The molecule has 0 amide bonds. The summed E-state index contributed by atoms with van der Waals surface area (Å²) in [6, 6.07) is 0.298. The molecule has 0 N–H and O–H groups in total. The smallest absolute Gasteiger partial charge is 0.231 e. The van der Waals surface area contributed by atoms with Crippen molar-refractivity contribution in [1.82, 2.24) is 15.0 Å². The summed E-state index contributed by atoms with van der Waals surface area (Å²) in [4.78, 5) is 16.7. The van der Waals surface area contributed by atoms with Crippen LogP contribution in [0.3, 0.4) is 0 Å². The summed E-state index contributed by atoms with van der Waals surface area (Å²) in [5.41, 5.74) is 0. The van der Waals surface area contributed by atoms with E-state index in [2.05, 4.69) is 26.8 Å². The van der Waals surface area contributed by atoms with Crippen LogP contribution in [-0.2, 0) is 4.74 Å². The normalized spacial score (nSPS) is 20.0. The van der Waals surface area contributed by atoms with E-state index in [0.717, 1.165) is 13.0 Å². The van der Waals surface area contributed by atoms with Gasteiger partial charge in [-0.15, -0.1) is 0 Å². The van der Waals surface area contributed by atoms with Crippen LogP contribution in [0.1, 0.15) is 13.3 Å². The van der Waals surface area contributed by atoms with Crippen molar-refractivity contribution in [1.29, 1.82) is 0 Å². The molecule has 2 heterocycles. The van der Waals surface area contributed by atoms with E-state index in [1.54, 1.807) is 0 Å². The van der Waals surface area contributed by atoms with Gasteiger partial charge >= 0.3 is 0 Å². The molecule has 1 atom stereocenters. The van der Waals surface area contributed by atoms with Crippen molar-refractivity contribution in [3.8, 4) is 0 Å². The van der Waals surface area contributed by atoms with Crippen LogP contribution < -0.4 is 9.80 Å². The van der Waals surface area contributed by atoms with Crippen LogP contribution >= 0.6 is 11.6 Å². The third-order valence-electron chi connectivity index (χ3n) is 2.94. The second kappa shape index (κ2) is 5.67. The third kappa shape index (κ3) is 2.81. The number of aromatic nitrogens is 3. The molecule has 1 fully saturated rings. The fraction of sp³-hybridized carbons (Fsp3) is 0.727. The second-order valence-electron chi connectivity index (χ2n) is 4.43. The van der Waals surface area contributed by atoms with Crippen molar-refractivity contribution < 1.29 is 4.74 Å². The molecule has 1 saturated heterocycles. The average Bonchev–Trinajstić information content (AvgIpc) is 2.38. The van der Waals surface area contributed by atoms with Crippen LogP contribution in [0.25, 0.3) is 0 Å². The van der Waals surface area contributed by atoms with Gasteiger partial charge in [-0.2, -0.15) is 15.0 Å². The molecule has 1 aromatic rings. The van der Waals surface area contributed by atoms with Crippen LogP contribution in [-0.4, -0.2) is 54.8 Å². The first-order valence-corrected chi connectivity index (χ1v) is 6.43. The zero-order valence-corrected chi connectivity index (χ0v) is 11.7. The topological polar surface area (TPSA) is 54.4 Å². The Kier molecular flexibility index (Phi) is 4.19. The van der Waals surface area contributed by atoms with E-state index in [4.69, 9.17) is 16.3 Å². The van der Waals surface area contributed by atoms with Crippen molar-refractivity contribution in [2.75, 3.05) is 43.7 Å². The summed E-state index contributed by atoms with van der Waals surface area (Å²) in [7, 11) is 3.76. The van der Waals surface area contributed by atoms with Gasteiger partial charge in [0.2, 0.25) is 17.2 Å². The standard InChI is InChI=1S/C11H18ClN5O/c1-4-8-7-18-6-5-17(8)11-14-9(12)13-10(15-11)16(2)3/h8H,4-7H2,1-3H3. The Morgan fingerprint density at radius 2 is 2.17 bits per heavy atom. The monoisotopic (exact) mass is 271 g/mol. The van der Waals surface area contributed by atoms with Gasteiger partial charge in [0.25, 0.3) is 0 Å². The minimum atomic E-state index is 0.227. The number of morpholine rings is 1. The van der Waals surface area contributed by atoms with E-state index in [9.17, 15) is 0 Å². The molecule has 0 bridgehead atoms. The number of hydrogen-bond donors (Lipinski definition) is 0. The summed E-state index contributed by atoms with van der Waals surface area (Å²) in [6.07, 6.45) is 0.987. The highest BCUT2D eigenvalue weighted by molar-refractivity contribution is 6.28. The summed E-state index contributed by atoms with van der Waals surface area (Å²) >= 11 is 5.96. The number of rotatable bonds is 3. The minimum absolute atomic E-state index is 0.227. The predicted octanol–water partition coefficient (Wildman–Crippen LogP) is 1.21. The Morgan fingerprint density at radius 1 is 1.39 bits per heavy atom. The summed E-state index contributed by atoms with van der Waals surface area (Å²) in [5, 5.41) is 0.227. The lowest BCUT2D eigenvalue weighted by Crippen LogP contribution is -2.46. The van der Waals surface area contributed by atoms with Gasteiger partial charge in [0.05, 0.1) is 19.3 Å². The Bertz CT molecular complexity index is 414. The Balaban J connectivity index is 2.30. The fourth-order valence-corrected chi connectivity index (χ4v) is 2.07. The molecule has 2 rings (SSSR count). The van der Waals surface area contributed by atoms with E-state index in [1.807, 2.05) is 19.0 Å². The number of ether oxygens (including phenoxy) is 1. The summed E-state index contributed by atoms with van der Waals surface area (Å²) < 4.78 is 5.48. The zero-order valence-electron chi connectivity index (χ0n) is 10.9. The number of nitrogens with zero attached hydrogens (tertiary/aromatic N) is 5. The molecule has 6 nitrogen and oxygen atoms in total. The quantitative estimate of drug-likeness (QED) is 0.824. The average molecular weight is 272 g/mol. The van der Waals surface area contributed by atoms with E-state index >= 15 is 0 Å². The second-order valence-corrected chi connectivity index (χ2v) is 4.77. The van der Waals surface area contributed by atoms with Crippen molar-refractivity contribution in [3.05, 3.63) is 5.28 Å². The lowest BCUT2D eigenvalue weighted by Gasteiger charge is -2.35. The van der Waals surface area contributed by atoms with E-state index in [-0.39, 0.29) is 5.28 Å². The molecule has 1 aromatic heterocycles. The highest BCUT2D eigenvalue weighted by atomic mass is 35.5. The van der Waals surface area contributed by atoms with E-state index < -0.39 is 0 Å². The highest BCUT2D eigenvalue weighted by Crippen LogP contribution is 2.20. The Morgan fingerprint density at radius 3 is 2.83 bits per heavy atom. The number of anilines is 2. The molecule has 1 aliphatic rings. The molecule has 0 aliphatic carbocycles. The van der Waals surface area contributed by atoms with Crippen LogP contribution in [0.2, 0.25) is 5.28 Å². The molecule has 18 heavy (non-hydrogen) atoms. The van der Waals surface area contributed by atoms with Crippen molar-refractivity contribution in [3.63, 3.8) is 0 Å². The molecule has 0 aromatic carbocycles. The first kappa shape index (κ1) is 13.3. The Labute approximate surface area is 112 Å². The maximum Gasteiger partial charge on any atom is 0.231 e. The fourth-order valence-electron chi connectivity index (χ4n) is 1.91. The largest absolute Gasteiger partial charge is 0.377 e. The van der Waals surface area contributed by atoms with Crippen molar-refractivity contribution in [2.24, 2.45) is 0 Å². The lowest BCUT2D eigenvalue weighted by molar-refractivity contribution is 0.0921. The molecular weight excluding hydrogens is 254 g/mol. The van der Waals surface area contributed by atoms with Crippen LogP contribution in [0.4, 0.5) is 11.9 Å². The van der Waals surface area contributed by atoms with E-state index in [1.165, 1.54) is 0 Å². The van der Waals surface area contributed by atoms with Gasteiger partial charge in [0.1, 0.15) is 0 Å². The SMILES string of the molecule is CCC1COCCN1c1nc(Cl)nc(N(C)C)n1. The van der Waals surface area contributed by atoms with Crippen LogP contribution in [0, 0.1) is 0 Å². The van der Waals surface area contributed by atoms with Crippen LogP contribution in [0.15, 0.2) is 0 Å².